The molecule has 15 heavy (non-hydrogen) atoms. The first-order valence-corrected chi connectivity index (χ1v) is 5.77. The van der Waals surface area contributed by atoms with Crippen molar-refractivity contribution in [2.45, 2.75) is 24.2 Å². The minimum absolute atomic E-state index is 0.184. The first kappa shape index (κ1) is 11.9. The van der Waals surface area contributed by atoms with E-state index in [1.54, 1.807) is 17.8 Å². The number of thioether (sulfide) groups is 1. The minimum atomic E-state index is -0.364. The van der Waals surface area contributed by atoms with E-state index in [1.165, 1.54) is 6.07 Å². The van der Waals surface area contributed by atoms with E-state index in [-0.39, 0.29) is 11.5 Å². The van der Waals surface area contributed by atoms with Crippen molar-refractivity contribution >= 4 is 17.4 Å². The molecule has 80 valence electrons. The number of rotatable bonds is 5. The molecule has 0 bridgehead atoms. The number of nitriles is 1. The van der Waals surface area contributed by atoms with Gasteiger partial charge in [-0.3, -0.25) is 0 Å². The van der Waals surface area contributed by atoms with Crippen molar-refractivity contribution in [2.75, 3.05) is 11.5 Å². The number of nitrogens with two attached hydrogens (primary N) is 1. The highest BCUT2D eigenvalue weighted by atomic mass is 32.2. The molecule has 0 radical (unpaired) electrons. The van der Waals surface area contributed by atoms with Gasteiger partial charge >= 0.3 is 0 Å². The number of benzene rings is 1. The number of anilines is 1. The van der Waals surface area contributed by atoms with E-state index < -0.39 is 0 Å². The first-order valence-electron chi connectivity index (χ1n) is 4.79. The Balaban J connectivity index is 2.32. The van der Waals surface area contributed by atoms with Gasteiger partial charge < -0.3 is 5.73 Å². The molecule has 0 amide bonds. The van der Waals surface area contributed by atoms with E-state index in [2.05, 4.69) is 6.07 Å². The lowest BCUT2D eigenvalue weighted by molar-refractivity contribution is 0.629. The van der Waals surface area contributed by atoms with Crippen LogP contribution in [0.2, 0.25) is 0 Å². The summed E-state index contributed by atoms with van der Waals surface area (Å²) in [5, 5.41) is 8.33. The fourth-order valence-electron chi connectivity index (χ4n) is 1.09. The highest BCUT2D eigenvalue weighted by Crippen LogP contribution is 2.22. The number of nitrogen functional groups attached to an aromatic ring is 1. The Morgan fingerprint density at radius 1 is 1.40 bits per heavy atom. The largest absolute Gasteiger partial charge is 0.396 e. The van der Waals surface area contributed by atoms with Gasteiger partial charge in [-0.05, 0) is 36.8 Å². The summed E-state index contributed by atoms with van der Waals surface area (Å²) in [7, 11) is 0. The standard InChI is InChI=1S/C11H13FN2S/c12-10-8-9(4-5-11(10)14)15-7-3-1-2-6-13/h4-5,8H,1-3,7,14H2. The van der Waals surface area contributed by atoms with Crippen LogP contribution >= 0.6 is 11.8 Å². The van der Waals surface area contributed by atoms with Crippen LogP contribution in [0.1, 0.15) is 19.3 Å². The van der Waals surface area contributed by atoms with Crippen LogP contribution in [0.3, 0.4) is 0 Å². The van der Waals surface area contributed by atoms with Crippen LogP contribution < -0.4 is 5.73 Å². The number of nitrogens with zero attached hydrogens (tertiary/aromatic N) is 1. The monoisotopic (exact) mass is 224 g/mol. The van der Waals surface area contributed by atoms with Crippen LogP contribution in [0.4, 0.5) is 10.1 Å². The summed E-state index contributed by atoms with van der Waals surface area (Å²) < 4.78 is 13.0. The van der Waals surface area contributed by atoms with E-state index in [0.717, 1.165) is 23.5 Å². The quantitative estimate of drug-likeness (QED) is 0.474. The van der Waals surface area contributed by atoms with Crippen LogP contribution in [0.5, 0.6) is 0 Å². The molecule has 0 aliphatic heterocycles. The summed E-state index contributed by atoms with van der Waals surface area (Å²) in [5.41, 5.74) is 5.55. The third kappa shape index (κ3) is 4.22. The zero-order valence-electron chi connectivity index (χ0n) is 8.37. The topological polar surface area (TPSA) is 49.8 Å². The summed E-state index contributed by atoms with van der Waals surface area (Å²) >= 11 is 1.59. The van der Waals surface area contributed by atoms with E-state index >= 15 is 0 Å². The fourth-order valence-corrected chi connectivity index (χ4v) is 2.03. The van der Waals surface area contributed by atoms with Crippen LogP contribution in [0.25, 0.3) is 0 Å². The van der Waals surface area contributed by atoms with Crippen molar-refractivity contribution < 1.29 is 4.39 Å². The molecule has 0 saturated carbocycles. The molecular weight excluding hydrogens is 211 g/mol. The zero-order chi connectivity index (χ0) is 11.1. The van der Waals surface area contributed by atoms with Gasteiger partial charge in [0.25, 0.3) is 0 Å². The molecule has 0 atom stereocenters. The predicted octanol–water partition coefficient (Wildman–Crippen LogP) is 3.19. The molecule has 4 heteroatoms. The van der Waals surface area contributed by atoms with Crippen LogP contribution in [-0.2, 0) is 0 Å². The minimum Gasteiger partial charge on any atom is -0.396 e. The molecule has 0 fully saturated rings. The second-order valence-electron chi connectivity index (χ2n) is 3.15. The molecular formula is C11H13FN2S. The summed E-state index contributed by atoms with van der Waals surface area (Å²) in [5.74, 6) is 0.544. The van der Waals surface area contributed by atoms with Gasteiger partial charge in [-0.2, -0.15) is 5.26 Å². The van der Waals surface area contributed by atoms with Gasteiger partial charge in [0, 0.05) is 11.3 Å². The van der Waals surface area contributed by atoms with Crippen molar-refractivity contribution in [3.05, 3.63) is 24.0 Å². The normalized spacial score (nSPS) is 9.87. The Kier molecular flexibility index (Phi) is 4.99. The summed E-state index contributed by atoms with van der Waals surface area (Å²) in [6.07, 6.45) is 2.47. The molecule has 0 unspecified atom stereocenters. The number of unbranched alkanes of at least 4 members (excludes halogenated alkanes) is 2. The van der Waals surface area contributed by atoms with E-state index in [1.807, 2.05) is 6.07 Å². The molecule has 0 spiro atoms. The maximum Gasteiger partial charge on any atom is 0.147 e. The van der Waals surface area contributed by atoms with E-state index in [9.17, 15) is 4.39 Å². The van der Waals surface area contributed by atoms with Crippen molar-refractivity contribution in [1.82, 2.24) is 0 Å². The lowest BCUT2D eigenvalue weighted by Gasteiger charge is -2.02. The Morgan fingerprint density at radius 3 is 2.87 bits per heavy atom. The second-order valence-corrected chi connectivity index (χ2v) is 4.32. The molecule has 2 N–H and O–H groups in total. The van der Waals surface area contributed by atoms with Crippen molar-refractivity contribution in [3.8, 4) is 6.07 Å². The van der Waals surface area contributed by atoms with Gasteiger partial charge in [0.2, 0.25) is 0 Å². The molecule has 1 aromatic rings. The average Bonchev–Trinajstić information content (AvgIpc) is 2.23. The Hall–Kier alpha value is -1.21. The number of hydrogen-bond donors (Lipinski definition) is 1. The first-order chi connectivity index (χ1) is 7.24. The lowest BCUT2D eigenvalue weighted by atomic mass is 10.3. The average molecular weight is 224 g/mol. The van der Waals surface area contributed by atoms with Gasteiger partial charge in [-0.25, -0.2) is 4.39 Å². The zero-order valence-corrected chi connectivity index (χ0v) is 9.19. The highest BCUT2D eigenvalue weighted by Gasteiger charge is 2.00. The van der Waals surface area contributed by atoms with Gasteiger partial charge in [-0.15, -0.1) is 11.8 Å². The Bertz CT molecular complexity index is 360. The highest BCUT2D eigenvalue weighted by molar-refractivity contribution is 7.99. The van der Waals surface area contributed by atoms with Crippen LogP contribution in [0, 0.1) is 17.1 Å². The SMILES string of the molecule is N#CCCCCSc1ccc(N)c(F)c1. The molecule has 0 saturated heterocycles. The molecule has 0 heterocycles. The van der Waals surface area contributed by atoms with Crippen molar-refractivity contribution in [3.63, 3.8) is 0 Å². The lowest BCUT2D eigenvalue weighted by Crippen LogP contribution is -1.90. The molecule has 1 aromatic carbocycles. The number of halogens is 1. The molecule has 0 aromatic heterocycles. The molecule has 0 aliphatic rings. The van der Waals surface area contributed by atoms with E-state index in [4.69, 9.17) is 11.0 Å². The Labute approximate surface area is 93.3 Å². The fraction of sp³-hybridized carbons (Fsp3) is 0.364. The van der Waals surface area contributed by atoms with E-state index in [0.29, 0.717) is 6.42 Å². The molecule has 0 aliphatic carbocycles. The Morgan fingerprint density at radius 2 is 2.20 bits per heavy atom. The van der Waals surface area contributed by atoms with Gasteiger partial charge in [0.15, 0.2) is 0 Å². The second kappa shape index (κ2) is 6.31. The predicted molar refractivity (Wildman–Crippen MR) is 61.0 cm³/mol. The van der Waals surface area contributed by atoms with Crippen LogP contribution in [0.15, 0.2) is 23.1 Å². The molecule has 1 rings (SSSR count). The third-order valence-corrected chi connectivity index (χ3v) is 3.00. The van der Waals surface area contributed by atoms with Crippen molar-refractivity contribution in [2.24, 2.45) is 0 Å². The maximum absolute atomic E-state index is 13.0. The third-order valence-electron chi connectivity index (χ3n) is 1.92. The van der Waals surface area contributed by atoms with Gasteiger partial charge in [0.05, 0.1) is 11.8 Å². The summed E-state index contributed by atoms with van der Waals surface area (Å²) in [6, 6.07) is 6.94. The maximum atomic E-state index is 13.0. The molecule has 2 nitrogen and oxygen atoms in total. The van der Waals surface area contributed by atoms with Crippen molar-refractivity contribution in [1.29, 1.82) is 5.26 Å². The van der Waals surface area contributed by atoms with Gasteiger partial charge in [0.1, 0.15) is 5.82 Å². The van der Waals surface area contributed by atoms with Gasteiger partial charge in [-0.1, -0.05) is 0 Å². The summed E-state index contributed by atoms with van der Waals surface area (Å²) in [6.45, 7) is 0. The smallest absolute Gasteiger partial charge is 0.147 e. The summed E-state index contributed by atoms with van der Waals surface area (Å²) in [4.78, 5) is 0.888. The van der Waals surface area contributed by atoms with Crippen LogP contribution in [-0.4, -0.2) is 5.75 Å². The number of hydrogen-bond acceptors (Lipinski definition) is 3.